The van der Waals surface area contributed by atoms with Crippen LogP contribution in [0.1, 0.15) is 23.2 Å². The van der Waals surface area contributed by atoms with Crippen molar-refractivity contribution < 1.29 is 17.9 Å². The van der Waals surface area contributed by atoms with Crippen LogP contribution >= 0.6 is 11.8 Å². The first-order valence-corrected chi connectivity index (χ1v) is 12.4. The van der Waals surface area contributed by atoms with Crippen LogP contribution in [-0.4, -0.2) is 47.3 Å². The number of fused-ring (bicyclic) bond motifs is 1. The lowest BCUT2D eigenvalue weighted by Crippen LogP contribution is -2.18. The fraction of sp³-hybridized carbons (Fsp3) is 0.333. The van der Waals surface area contributed by atoms with Crippen LogP contribution in [0.4, 0.5) is 0 Å². The number of aromatic amines is 1. The van der Waals surface area contributed by atoms with E-state index < -0.39 is 15.8 Å². The Labute approximate surface area is 178 Å². The normalized spacial score (nSPS) is 17.9. The molecule has 2 heterocycles. The van der Waals surface area contributed by atoms with Gasteiger partial charge in [0.05, 0.1) is 34.7 Å². The largest absolute Gasteiger partial charge is 0.462 e. The van der Waals surface area contributed by atoms with Gasteiger partial charge in [-0.05, 0) is 37.1 Å². The zero-order chi connectivity index (χ0) is 21.1. The Morgan fingerprint density at radius 3 is 2.73 bits per heavy atom. The molecule has 0 bridgehead atoms. The molecular formula is C21H22N2O5S2. The third kappa shape index (κ3) is 4.62. The van der Waals surface area contributed by atoms with Gasteiger partial charge in [-0.25, -0.2) is 18.0 Å². The first kappa shape index (κ1) is 20.7. The number of aromatic nitrogens is 2. The van der Waals surface area contributed by atoms with Crippen molar-refractivity contribution in [3.8, 4) is 0 Å². The molecule has 0 spiro atoms. The number of rotatable bonds is 7. The van der Waals surface area contributed by atoms with Crippen molar-refractivity contribution in [1.29, 1.82) is 0 Å². The molecule has 1 N–H and O–H groups in total. The Bertz CT molecular complexity index is 1230. The molecule has 7 nitrogen and oxygen atoms in total. The number of carbonyl (C=O) groups excluding carboxylic acids is 1. The van der Waals surface area contributed by atoms with Crippen molar-refractivity contribution in [3.05, 3.63) is 64.6 Å². The molecule has 0 aliphatic carbocycles. The summed E-state index contributed by atoms with van der Waals surface area (Å²) >= 11 is 1.42. The number of nitrogens with zero attached hydrogens (tertiary/aromatic N) is 1. The van der Waals surface area contributed by atoms with Crippen LogP contribution in [0.15, 0.2) is 58.2 Å². The second-order valence-electron chi connectivity index (χ2n) is 7.23. The summed E-state index contributed by atoms with van der Waals surface area (Å²) in [4.78, 5) is 28.2. The molecule has 30 heavy (non-hydrogen) atoms. The number of para-hydroxylation sites is 2. The minimum Gasteiger partial charge on any atom is -0.462 e. The minimum absolute atomic E-state index is 0.0438. The lowest BCUT2D eigenvalue weighted by atomic mass is 10.2. The Balaban J connectivity index is 1.35. The molecule has 3 aromatic rings. The summed E-state index contributed by atoms with van der Waals surface area (Å²) in [6.07, 6.45) is 1.10. The van der Waals surface area contributed by atoms with E-state index in [4.69, 9.17) is 4.74 Å². The van der Waals surface area contributed by atoms with Crippen molar-refractivity contribution in [1.82, 2.24) is 9.55 Å². The highest BCUT2D eigenvalue weighted by Crippen LogP contribution is 2.33. The van der Waals surface area contributed by atoms with Gasteiger partial charge < -0.3 is 9.72 Å². The lowest BCUT2D eigenvalue weighted by Gasteiger charge is -2.12. The quantitative estimate of drug-likeness (QED) is 0.443. The number of H-pyrrole nitrogens is 1. The first-order valence-electron chi connectivity index (χ1n) is 9.74. The summed E-state index contributed by atoms with van der Waals surface area (Å²) in [6.45, 7) is 0.619. The summed E-state index contributed by atoms with van der Waals surface area (Å²) in [5, 5.41) is -0.0438. The van der Waals surface area contributed by atoms with Gasteiger partial charge in [0.2, 0.25) is 0 Å². The van der Waals surface area contributed by atoms with Gasteiger partial charge in [-0.3, -0.25) is 4.57 Å². The standard InChI is InChI=1S/C21H22N2O5S2/c24-20(16-6-1-4-9-19(16)29-15-10-13-30(26,27)14-15)28-12-5-11-23-18-8-3-2-7-17(18)22-21(23)25/h1-4,6-9,15H,5,10-14H2,(H,22,25). The van der Waals surface area contributed by atoms with E-state index in [0.717, 1.165) is 15.9 Å². The van der Waals surface area contributed by atoms with Crippen LogP contribution in [0.2, 0.25) is 0 Å². The topological polar surface area (TPSA) is 98.2 Å². The molecule has 1 aliphatic heterocycles. The smallest absolute Gasteiger partial charge is 0.339 e. The molecule has 0 radical (unpaired) electrons. The number of ether oxygens (including phenoxy) is 1. The van der Waals surface area contributed by atoms with E-state index in [1.165, 1.54) is 11.8 Å². The maximum Gasteiger partial charge on any atom is 0.339 e. The SMILES string of the molecule is O=C(OCCCn1c(=O)[nH]c2ccccc21)c1ccccc1SC1CCS(=O)(=O)C1. The number of sulfone groups is 1. The van der Waals surface area contributed by atoms with E-state index in [2.05, 4.69) is 4.98 Å². The number of nitrogens with one attached hydrogen (secondary N) is 1. The Morgan fingerprint density at radius 1 is 1.17 bits per heavy atom. The lowest BCUT2D eigenvalue weighted by molar-refractivity contribution is 0.0492. The summed E-state index contributed by atoms with van der Waals surface area (Å²) in [5.74, 6) is -0.101. The van der Waals surface area contributed by atoms with Gasteiger partial charge in [-0.2, -0.15) is 0 Å². The zero-order valence-electron chi connectivity index (χ0n) is 16.2. The molecule has 2 aromatic carbocycles. The molecule has 1 aliphatic rings. The van der Waals surface area contributed by atoms with E-state index in [0.29, 0.717) is 24.9 Å². The molecule has 4 rings (SSSR count). The monoisotopic (exact) mass is 446 g/mol. The van der Waals surface area contributed by atoms with E-state index in [1.807, 2.05) is 36.4 Å². The average Bonchev–Trinajstić information content (AvgIpc) is 3.23. The predicted octanol–water partition coefficient (Wildman–Crippen LogP) is 2.86. The van der Waals surface area contributed by atoms with Crippen LogP contribution in [-0.2, 0) is 21.1 Å². The second-order valence-corrected chi connectivity index (χ2v) is 10.8. The zero-order valence-corrected chi connectivity index (χ0v) is 17.9. The van der Waals surface area contributed by atoms with Gasteiger partial charge in [0.1, 0.15) is 0 Å². The number of thioether (sulfide) groups is 1. The van der Waals surface area contributed by atoms with Gasteiger partial charge in [0.25, 0.3) is 0 Å². The Hall–Kier alpha value is -2.52. The minimum atomic E-state index is -2.97. The van der Waals surface area contributed by atoms with Gasteiger partial charge in [-0.1, -0.05) is 24.3 Å². The molecule has 9 heteroatoms. The molecule has 1 saturated heterocycles. The molecule has 1 atom stereocenters. The molecule has 0 amide bonds. The van der Waals surface area contributed by atoms with E-state index in [1.54, 1.807) is 16.7 Å². The van der Waals surface area contributed by atoms with E-state index >= 15 is 0 Å². The van der Waals surface area contributed by atoms with Crippen molar-refractivity contribution in [2.45, 2.75) is 29.5 Å². The van der Waals surface area contributed by atoms with E-state index in [-0.39, 0.29) is 29.1 Å². The highest BCUT2D eigenvalue weighted by atomic mass is 32.2. The van der Waals surface area contributed by atoms with Gasteiger partial charge >= 0.3 is 11.7 Å². The van der Waals surface area contributed by atoms with Gasteiger partial charge in [-0.15, -0.1) is 11.8 Å². The first-order chi connectivity index (χ1) is 14.4. The summed E-state index contributed by atoms with van der Waals surface area (Å²) in [7, 11) is -2.97. The number of aryl methyl sites for hydroxylation is 1. The Morgan fingerprint density at radius 2 is 1.93 bits per heavy atom. The molecule has 1 fully saturated rings. The predicted molar refractivity (Wildman–Crippen MR) is 117 cm³/mol. The van der Waals surface area contributed by atoms with Crippen molar-refractivity contribution >= 4 is 38.6 Å². The number of carbonyl (C=O) groups is 1. The third-order valence-electron chi connectivity index (χ3n) is 5.03. The Kier molecular flexibility index (Phi) is 6.01. The summed E-state index contributed by atoms with van der Waals surface area (Å²) < 4.78 is 30.5. The molecule has 1 unspecified atom stereocenters. The molecular weight excluding hydrogens is 424 g/mol. The van der Waals surface area contributed by atoms with Crippen LogP contribution in [0, 0.1) is 0 Å². The number of hydrogen-bond donors (Lipinski definition) is 1. The number of esters is 1. The average molecular weight is 447 g/mol. The fourth-order valence-corrected chi connectivity index (χ4v) is 7.18. The maximum absolute atomic E-state index is 12.6. The summed E-state index contributed by atoms with van der Waals surface area (Å²) in [6, 6.07) is 14.5. The number of benzene rings is 2. The van der Waals surface area contributed by atoms with E-state index in [9.17, 15) is 18.0 Å². The maximum atomic E-state index is 12.6. The molecule has 1 aromatic heterocycles. The molecule has 0 saturated carbocycles. The van der Waals surface area contributed by atoms with Crippen LogP contribution in [0.5, 0.6) is 0 Å². The van der Waals surface area contributed by atoms with Gasteiger partial charge in [0, 0.05) is 16.7 Å². The third-order valence-corrected chi connectivity index (χ3v) is 8.36. The highest BCUT2D eigenvalue weighted by molar-refractivity contribution is 8.02. The van der Waals surface area contributed by atoms with Crippen LogP contribution < -0.4 is 5.69 Å². The van der Waals surface area contributed by atoms with Gasteiger partial charge in [0.15, 0.2) is 9.84 Å². The number of hydrogen-bond acceptors (Lipinski definition) is 6. The van der Waals surface area contributed by atoms with Crippen molar-refractivity contribution in [3.63, 3.8) is 0 Å². The second kappa shape index (κ2) is 8.69. The summed E-state index contributed by atoms with van der Waals surface area (Å²) in [5.41, 5.74) is 1.85. The fourth-order valence-electron chi connectivity index (χ4n) is 3.57. The van der Waals surface area contributed by atoms with Crippen molar-refractivity contribution in [2.75, 3.05) is 18.1 Å². The van der Waals surface area contributed by atoms with Crippen LogP contribution in [0.25, 0.3) is 11.0 Å². The number of imidazole rings is 1. The van der Waals surface area contributed by atoms with Crippen LogP contribution in [0.3, 0.4) is 0 Å². The van der Waals surface area contributed by atoms with Crippen molar-refractivity contribution in [2.24, 2.45) is 0 Å². The highest BCUT2D eigenvalue weighted by Gasteiger charge is 2.29. The molecule has 158 valence electrons.